The van der Waals surface area contributed by atoms with E-state index < -0.39 is 5.69 Å². The van der Waals surface area contributed by atoms with Gasteiger partial charge < -0.3 is 28.8 Å². The van der Waals surface area contributed by atoms with E-state index in [4.69, 9.17) is 8.83 Å². The molecule has 0 saturated heterocycles. The molecule has 0 aliphatic heterocycles. The number of imidazole rings is 2. The Morgan fingerprint density at radius 2 is 1.26 bits per heavy atom. The highest BCUT2D eigenvalue weighted by Gasteiger charge is 2.21. The molecule has 168 valence electrons. The van der Waals surface area contributed by atoms with Gasteiger partial charge in [-0.05, 0) is 63.7 Å². The van der Waals surface area contributed by atoms with E-state index in [0.717, 1.165) is 0 Å². The first-order chi connectivity index (χ1) is 16.3. The molecule has 3 aromatic carbocycles. The number of hydrogen-bond donors (Lipinski definition) is 4. The Morgan fingerprint density at radius 1 is 0.647 bits per heavy atom. The highest BCUT2D eigenvalue weighted by atomic mass is 79.9. The van der Waals surface area contributed by atoms with E-state index in [1.54, 1.807) is 12.1 Å². The molecule has 0 fully saturated rings. The molecule has 14 heteroatoms. The highest BCUT2D eigenvalue weighted by Crippen LogP contribution is 2.42. The lowest BCUT2D eigenvalue weighted by Crippen LogP contribution is -1.99. The third-order valence-corrected chi connectivity index (χ3v) is 8.62. The van der Waals surface area contributed by atoms with Crippen molar-refractivity contribution >= 4 is 130 Å². The summed E-state index contributed by atoms with van der Waals surface area (Å²) in [6, 6.07) is 3.40. The average molecular weight is 714 g/mol. The third-order valence-electron chi connectivity index (χ3n) is 5.54. The van der Waals surface area contributed by atoms with Gasteiger partial charge in [0.2, 0.25) is 0 Å². The number of H-pyrrole nitrogens is 4. The number of rotatable bonds is 0. The van der Waals surface area contributed by atoms with E-state index >= 15 is 0 Å². The lowest BCUT2D eigenvalue weighted by atomic mass is 10.2. The van der Waals surface area contributed by atoms with Gasteiger partial charge in [-0.3, -0.25) is 0 Å². The van der Waals surface area contributed by atoms with E-state index in [2.05, 4.69) is 93.6 Å². The molecule has 4 N–H and O–H groups in total. The number of benzene rings is 3. The minimum atomic E-state index is -0.563. The van der Waals surface area contributed by atoms with Crippen LogP contribution in [0.15, 0.2) is 48.4 Å². The largest absolute Gasteiger partial charge is 0.452 e. The standard InChI is InChI=1S/C20H6Br4N6O4/c21-7-11-3(25-19(31)29-11)1-5-13(7)27-15-10(24)18-16(9(23)17(15)33-5)28-14-6(34-18)2-4-12(8(14)22)30-20(32)26-4/h1-2,27-28H,(H2,25,29,31). The minimum Gasteiger partial charge on any atom is -0.452 e. The molecule has 0 unspecified atom stereocenters. The first-order valence-electron chi connectivity index (χ1n) is 9.53. The topological polar surface area (TPSA) is 149 Å². The monoisotopic (exact) mass is 710 g/mol. The zero-order chi connectivity index (χ0) is 23.5. The van der Waals surface area contributed by atoms with Crippen molar-refractivity contribution in [1.82, 2.24) is 29.9 Å². The van der Waals surface area contributed by atoms with Gasteiger partial charge in [0.25, 0.3) is 0 Å². The second-order valence-electron chi connectivity index (χ2n) is 7.49. The Hall–Kier alpha value is -2.68. The number of aromatic nitrogens is 6. The Morgan fingerprint density at radius 3 is 1.94 bits per heavy atom. The van der Waals surface area contributed by atoms with Gasteiger partial charge in [-0.2, -0.15) is 9.97 Å². The number of aromatic amines is 4. The number of hydrogen-bond acceptors (Lipinski definition) is 6. The molecule has 0 aliphatic carbocycles. The summed E-state index contributed by atoms with van der Waals surface area (Å²) < 4.78 is 14.9. The summed E-state index contributed by atoms with van der Waals surface area (Å²) in [5.41, 5.74) is 5.69. The van der Waals surface area contributed by atoms with Gasteiger partial charge in [-0.25, -0.2) is 9.59 Å². The molecule has 7 rings (SSSR count). The van der Waals surface area contributed by atoms with Gasteiger partial charge in [0.05, 0.1) is 45.5 Å². The molecule has 10 nitrogen and oxygen atoms in total. The van der Waals surface area contributed by atoms with Gasteiger partial charge in [-0.15, -0.1) is 0 Å². The van der Waals surface area contributed by atoms with Crippen LogP contribution in [0.2, 0.25) is 0 Å². The fourth-order valence-electron chi connectivity index (χ4n) is 4.06. The van der Waals surface area contributed by atoms with Gasteiger partial charge in [0.15, 0.2) is 22.3 Å². The van der Waals surface area contributed by atoms with Gasteiger partial charge in [-0.1, -0.05) is 0 Å². The first-order valence-corrected chi connectivity index (χ1v) is 12.7. The summed E-state index contributed by atoms with van der Waals surface area (Å²) in [7, 11) is 0. The number of halogens is 4. The summed E-state index contributed by atoms with van der Waals surface area (Å²) in [5, 5.41) is 0. The molecular weight excluding hydrogens is 708 g/mol. The molecule has 0 radical (unpaired) electrons. The zero-order valence-electron chi connectivity index (χ0n) is 16.2. The van der Waals surface area contributed by atoms with Crippen LogP contribution in [0.25, 0.3) is 66.5 Å². The van der Waals surface area contributed by atoms with Gasteiger partial charge in [0.1, 0.15) is 16.6 Å². The van der Waals surface area contributed by atoms with Crippen molar-refractivity contribution in [2.75, 3.05) is 0 Å². The highest BCUT2D eigenvalue weighted by molar-refractivity contribution is 9.11. The molecular formula is C20H6Br4N6O4. The van der Waals surface area contributed by atoms with Crippen molar-refractivity contribution in [1.29, 1.82) is 0 Å². The number of nitrogens with one attached hydrogen (secondary N) is 4. The Labute approximate surface area is 218 Å². The van der Waals surface area contributed by atoms with Crippen molar-refractivity contribution in [2.45, 2.75) is 0 Å². The second kappa shape index (κ2) is 6.93. The molecule has 0 saturated carbocycles. The third kappa shape index (κ3) is 2.70. The SMILES string of the molecule is O=c1nc2cc3oc4c(Br)c5[nH]c6c(Br)c7[nH]c(=O)[nH]c7cc6oc5c(Br)c4[nH]c3c(Br)c2n1. The molecule has 34 heavy (non-hydrogen) atoms. The molecule has 4 aromatic heterocycles. The van der Waals surface area contributed by atoms with E-state index in [1.165, 1.54) is 0 Å². The summed E-state index contributed by atoms with van der Waals surface area (Å²) in [6.45, 7) is 0. The maximum atomic E-state index is 11.8. The quantitative estimate of drug-likeness (QED) is 0.137. The fourth-order valence-corrected chi connectivity index (χ4v) is 6.37. The average Bonchev–Trinajstić information content (AvgIpc) is 3.37. The summed E-state index contributed by atoms with van der Waals surface area (Å²) >= 11 is 14.4. The smallest absolute Gasteiger partial charge is 0.368 e. The van der Waals surface area contributed by atoms with Crippen molar-refractivity contribution in [2.24, 2.45) is 0 Å². The Kier molecular flexibility index (Phi) is 4.21. The predicted octanol–water partition coefficient (Wildman–Crippen LogP) is 6.23. The van der Waals surface area contributed by atoms with Gasteiger partial charge in [0, 0.05) is 12.1 Å². The molecule has 7 aromatic rings. The van der Waals surface area contributed by atoms with E-state index in [0.29, 0.717) is 84.4 Å². The van der Waals surface area contributed by atoms with Crippen molar-refractivity contribution in [3.63, 3.8) is 0 Å². The van der Waals surface area contributed by atoms with Gasteiger partial charge >= 0.3 is 11.4 Å². The van der Waals surface area contributed by atoms with Crippen LogP contribution in [0.4, 0.5) is 0 Å². The number of fused-ring (bicyclic) bond motifs is 6. The normalized spacial score (nSPS) is 12.4. The lowest BCUT2D eigenvalue weighted by molar-refractivity contribution is 0.645. The maximum Gasteiger partial charge on any atom is 0.368 e. The minimum absolute atomic E-state index is 0.318. The van der Waals surface area contributed by atoms with Crippen LogP contribution in [0.3, 0.4) is 0 Å². The molecule has 0 bridgehead atoms. The van der Waals surface area contributed by atoms with Crippen LogP contribution in [0.1, 0.15) is 0 Å². The summed E-state index contributed by atoms with van der Waals surface area (Å²) in [6.07, 6.45) is 0. The van der Waals surface area contributed by atoms with Crippen LogP contribution in [-0.2, 0) is 0 Å². The Bertz CT molecular complexity index is 2020. The van der Waals surface area contributed by atoms with Crippen molar-refractivity contribution in [3.05, 3.63) is 51.0 Å². The van der Waals surface area contributed by atoms with Crippen LogP contribution >= 0.6 is 63.7 Å². The van der Waals surface area contributed by atoms with Crippen LogP contribution in [-0.4, -0.2) is 29.9 Å². The Balaban J connectivity index is 1.66. The maximum absolute atomic E-state index is 11.8. The molecule has 0 amide bonds. The first kappa shape index (κ1) is 20.7. The zero-order valence-corrected chi connectivity index (χ0v) is 22.5. The predicted molar refractivity (Wildman–Crippen MR) is 141 cm³/mol. The summed E-state index contributed by atoms with van der Waals surface area (Å²) in [5.74, 6) is 0. The van der Waals surface area contributed by atoms with Crippen LogP contribution in [0.5, 0.6) is 0 Å². The van der Waals surface area contributed by atoms with E-state index in [9.17, 15) is 9.59 Å². The van der Waals surface area contributed by atoms with Crippen molar-refractivity contribution < 1.29 is 8.83 Å². The van der Waals surface area contributed by atoms with E-state index in [1.807, 2.05) is 0 Å². The molecule has 4 heterocycles. The lowest BCUT2D eigenvalue weighted by Gasteiger charge is -2.12. The van der Waals surface area contributed by atoms with Crippen molar-refractivity contribution in [3.8, 4) is 0 Å². The van der Waals surface area contributed by atoms with Crippen LogP contribution in [0, 0.1) is 0 Å². The fraction of sp³-hybridized carbons (Fsp3) is 0. The molecule has 0 aliphatic rings. The molecule has 0 spiro atoms. The van der Waals surface area contributed by atoms with Crippen LogP contribution < -0.4 is 11.4 Å². The summed E-state index contributed by atoms with van der Waals surface area (Å²) in [4.78, 5) is 43.6. The second-order valence-corrected chi connectivity index (χ2v) is 10.7. The molecule has 0 atom stereocenters. The van der Waals surface area contributed by atoms with E-state index in [-0.39, 0.29) is 5.69 Å². The number of nitrogens with zero attached hydrogens (tertiary/aromatic N) is 2.